The highest BCUT2D eigenvalue weighted by molar-refractivity contribution is 6.33. The van der Waals surface area contributed by atoms with E-state index in [0.717, 1.165) is 22.2 Å². The summed E-state index contributed by atoms with van der Waals surface area (Å²) in [5.41, 5.74) is 3.69. The minimum absolute atomic E-state index is 0.0657. The lowest BCUT2D eigenvalue weighted by Crippen LogP contribution is -2.20. The van der Waals surface area contributed by atoms with E-state index in [9.17, 15) is 9.18 Å². The number of hydrogen-bond acceptors (Lipinski definition) is 4. The van der Waals surface area contributed by atoms with E-state index in [1.165, 1.54) is 23.0 Å². The number of benzene rings is 2. The first kappa shape index (κ1) is 23.0. The van der Waals surface area contributed by atoms with Crippen LogP contribution in [0.15, 0.2) is 67.0 Å². The van der Waals surface area contributed by atoms with E-state index < -0.39 is 5.82 Å². The van der Waals surface area contributed by atoms with Gasteiger partial charge in [0.1, 0.15) is 17.4 Å². The van der Waals surface area contributed by atoms with Crippen molar-refractivity contribution in [3.05, 3.63) is 94.1 Å². The summed E-state index contributed by atoms with van der Waals surface area (Å²) in [5, 5.41) is 12.9. The number of fused-ring (bicyclic) bond motifs is 1. The highest BCUT2D eigenvalue weighted by Gasteiger charge is 2.18. The molecule has 0 spiro atoms. The molecule has 7 nitrogen and oxygen atoms in total. The number of amides is 1. The number of nitrogens with zero attached hydrogens (tertiary/aromatic N) is 5. The molecule has 1 N–H and O–H groups in total. The molecule has 0 aliphatic carbocycles. The summed E-state index contributed by atoms with van der Waals surface area (Å²) in [7, 11) is 0. The van der Waals surface area contributed by atoms with Crippen LogP contribution in [0.4, 0.5) is 10.2 Å². The maximum atomic E-state index is 14.1. The number of aromatic nitrogens is 5. The predicted octanol–water partition coefficient (Wildman–Crippen LogP) is 5.74. The normalized spacial score (nSPS) is 11.2. The largest absolute Gasteiger partial charge is 0.306 e. The molecule has 3 aromatic heterocycles. The quantitative estimate of drug-likeness (QED) is 0.317. The number of carbonyl (C=O) groups excluding carboxylic acids is 1. The Morgan fingerprint density at radius 1 is 1.03 bits per heavy atom. The third-order valence-electron chi connectivity index (χ3n) is 5.54. The number of pyridine rings is 1. The van der Waals surface area contributed by atoms with Gasteiger partial charge in [-0.3, -0.25) is 9.48 Å². The van der Waals surface area contributed by atoms with Gasteiger partial charge in [-0.15, -0.1) is 0 Å². The summed E-state index contributed by atoms with van der Waals surface area (Å²) < 4.78 is 17.1. The van der Waals surface area contributed by atoms with E-state index in [1.807, 2.05) is 43.3 Å². The van der Waals surface area contributed by atoms with E-state index in [1.54, 1.807) is 16.9 Å². The maximum absolute atomic E-state index is 14.1. The van der Waals surface area contributed by atoms with Crippen LogP contribution in [-0.2, 0) is 17.9 Å². The summed E-state index contributed by atoms with van der Waals surface area (Å²) in [4.78, 5) is 17.3. The molecule has 0 aliphatic heterocycles. The van der Waals surface area contributed by atoms with Crippen molar-refractivity contribution < 1.29 is 9.18 Å². The van der Waals surface area contributed by atoms with Crippen molar-refractivity contribution in [2.45, 2.75) is 20.0 Å². The highest BCUT2D eigenvalue weighted by atomic mass is 35.5. The second-order valence-corrected chi connectivity index (χ2v) is 8.75. The fourth-order valence-electron chi connectivity index (χ4n) is 3.97. The number of rotatable bonds is 6. The number of halogens is 3. The minimum atomic E-state index is -0.446. The van der Waals surface area contributed by atoms with Gasteiger partial charge < -0.3 is 5.32 Å². The SMILES string of the molecule is Cc1nn(CC(=O)Nc2nn(Cc3c(F)cccc3Cl)cc2Cl)c2nccc(-c3ccccc3)c12. The van der Waals surface area contributed by atoms with Crippen LogP contribution in [0.3, 0.4) is 0 Å². The Bertz CT molecular complexity index is 1530. The van der Waals surface area contributed by atoms with E-state index in [-0.39, 0.29) is 40.4 Å². The van der Waals surface area contributed by atoms with Gasteiger partial charge in [-0.2, -0.15) is 10.2 Å². The zero-order valence-corrected chi connectivity index (χ0v) is 20.1. The highest BCUT2D eigenvalue weighted by Crippen LogP contribution is 2.30. The summed E-state index contributed by atoms with van der Waals surface area (Å²) in [6.45, 7) is 1.87. The summed E-state index contributed by atoms with van der Waals surface area (Å²) in [6.07, 6.45) is 3.20. The lowest BCUT2D eigenvalue weighted by molar-refractivity contribution is -0.116. The molecule has 0 atom stereocenters. The van der Waals surface area contributed by atoms with Crippen molar-refractivity contribution in [1.82, 2.24) is 24.5 Å². The van der Waals surface area contributed by atoms with Crippen molar-refractivity contribution in [2.24, 2.45) is 0 Å². The molecule has 0 unspecified atom stereocenters. The first-order valence-corrected chi connectivity index (χ1v) is 11.5. The second-order valence-electron chi connectivity index (χ2n) is 7.94. The number of hydrogen-bond donors (Lipinski definition) is 1. The topological polar surface area (TPSA) is 77.6 Å². The van der Waals surface area contributed by atoms with Gasteiger partial charge in [0, 0.05) is 28.4 Å². The van der Waals surface area contributed by atoms with E-state index >= 15 is 0 Å². The van der Waals surface area contributed by atoms with Crippen LogP contribution in [0.25, 0.3) is 22.2 Å². The average Bonchev–Trinajstić information content (AvgIpc) is 3.35. The smallest absolute Gasteiger partial charge is 0.247 e. The van der Waals surface area contributed by atoms with Crippen LogP contribution < -0.4 is 5.32 Å². The van der Waals surface area contributed by atoms with Crippen LogP contribution in [0.5, 0.6) is 0 Å². The van der Waals surface area contributed by atoms with Gasteiger partial charge in [-0.05, 0) is 36.2 Å². The molecule has 176 valence electrons. The van der Waals surface area contributed by atoms with E-state index in [4.69, 9.17) is 23.2 Å². The van der Waals surface area contributed by atoms with Crippen LogP contribution in [0.1, 0.15) is 11.3 Å². The summed E-state index contributed by atoms with van der Waals surface area (Å²) >= 11 is 12.4. The Labute approximate surface area is 210 Å². The van der Waals surface area contributed by atoms with Crippen molar-refractivity contribution in [3.63, 3.8) is 0 Å². The molecule has 5 rings (SSSR count). The van der Waals surface area contributed by atoms with Crippen molar-refractivity contribution in [3.8, 4) is 11.1 Å². The molecule has 3 heterocycles. The first-order chi connectivity index (χ1) is 16.9. The standard InChI is InChI=1S/C25H19Cl2FN6O/c1-15-23-17(16-6-3-2-4-7-16)10-11-29-25(23)34(31-15)14-22(35)30-24-20(27)13-33(32-24)12-18-19(26)8-5-9-21(18)28/h2-11,13H,12,14H2,1H3,(H,30,32,35). The van der Waals surface area contributed by atoms with Crippen molar-refractivity contribution >= 4 is 46.0 Å². The Morgan fingerprint density at radius 2 is 1.83 bits per heavy atom. The monoisotopic (exact) mass is 508 g/mol. The summed E-state index contributed by atoms with van der Waals surface area (Å²) in [6, 6.07) is 16.3. The van der Waals surface area contributed by atoms with Crippen molar-refractivity contribution in [1.29, 1.82) is 0 Å². The van der Waals surface area contributed by atoms with Gasteiger partial charge in [-0.25, -0.2) is 14.1 Å². The predicted molar refractivity (Wildman–Crippen MR) is 134 cm³/mol. The number of aryl methyl sites for hydroxylation is 1. The Balaban J connectivity index is 1.36. The maximum Gasteiger partial charge on any atom is 0.247 e. The molecular formula is C25H19Cl2FN6O. The van der Waals surface area contributed by atoms with Gasteiger partial charge in [0.05, 0.1) is 12.2 Å². The molecule has 10 heteroatoms. The van der Waals surface area contributed by atoms with E-state index in [0.29, 0.717) is 5.65 Å². The molecule has 5 aromatic rings. The van der Waals surface area contributed by atoms with Gasteiger partial charge in [-0.1, -0.05) is 59.6 Å². The molecule has 0 bridgehead atoms. The molecule has 0 aliphatic rings. The third-order valence-corrected chi connectivity index (χ3v) is 6.17. The number of nitrogens with one attached hydrogen (secondary N) is 1. The van der Waals surface area contributed by atoms with Crippen LogP contribution >= 0.6 is 23.2 Å². The molecule has 0 saturated carbocycles. The van der Waals surface area contributed by atoms with Crippen LogP contribution in [0, 0.1) is 12.7 Å². The minimum Gasteiger partial charge on any atom is -0.306 e. The molecular weight excluding hydrogens is 490 g/mol. The lowest BCUT2D eigenvalue weighted by atomic mass is 10.0. The van der Waals surface area contributed by atoms with Gasteiger partial charge in [0.25, 0.3) is 0 Å². The van der Waals surface area contributed by atoms with Crippen molar-refractivity contribution in [2.75, 3.05) is 5.32 Å². The number of anilines is 1. The first-order valence-electron chi connectivity index (χ1n) is 10.7. The van der Waals surface area contributed by atoms with Crippen LogP contribution in [-0.4, -0.2) is 30.5 Å². The molecule has 1 amide bonds. The Morgan fingerprint density at radius 3 is 2.60 bits per heavy atom. The zero-order chi connectivity index (χ0) is 24.5. The molecule has 35 heavy (non-hydrogen) atoms. The molecule has 2 aromatic carbocycles. The fourth-order valence-corrected chi connectivity index (χ4v) is 4.39. The van der Waals surface area contributed by atoms with Crippen LogP contribution in [0.2, 0.25) is 10.0 Å². The molecule has 0 saturated heterocycles. The fraction of sp³-hybridized carbons (Fsp3) is 0.120. The molecule has 0 radical (unpaired) electrons. The molecule has 0 fully saturated rings. The number of carbonyl (C=O) groups is 1. The van der Waals surface area contributed by atoms with Gasteiger partial charge in [0.15, 0.2) is 11.5 Å². The average molecular weight is 509 g/mol. The summed E-state index contributed by atoms with van der Waals surface area (Å²) in [5.74, 6) is -0.661. The third kappa shape index (κ3) is 4.62. The van der Waals surface area contributed by atoms with E-state index in [2.05, 4.69) is 20.5 Å². The second kappa shape index (κ2) is 9.48. The Hall–Kier alpha value is -3.75. The van der Waals surface area contributed by atoms with Gasteiger partial charge >= 0.3 is 0 Å². The Kier molecular flexibility index (Phi) is 6.23. The van der Waals surface area contributed by atoms with Gasteiger partial charge in [0.2, 0.25) is 5.91 Å². The zero-order valence-electron chi connectivity index (χ0n) is 18.5. The lowest BCUT2D eigenvalue weighted by Gasteiger charge is -2.07.